The monoisotopic (exact) mass is 374 g/mol. The number of rotatable bonds is 4. The van der Waals surface area contributed by atoms with Crippen molar-refractivity contribution in [2.24, 2.45) is 5.73 Å². The summed E-state index contributed by atoms with van der Waals surface area (Å²) < 4.78 is 40.1. The summed E-state index contributed by atoms with van der Waals surface area (Å²) in [6.45, 7) is -1.23. The first kappa shape index (κ1) is 17.9. The maximum atomic E-state index is 13.2. The van der Waals surface area contributed by atoms with E-state index in [2.05, 4.69) is 4.98 Å². The lowest BCUT2D eigenvalue weighted by Gasteiger charge is -2.37. The van der Waals surface area contributed by atoms with Crippen LogP contribution < -0.4 is 10.6 Å². The minimum Gasteiger partial charge on any atom is -0.353 e. The fourth-order valence-electron chi connectivity index (χ4n) is 3.30. The van der Waals surface area contributed by atoms with E-state index in [-0.39, 0.29) is 11.7 Å². The maximum absolute atomic E-state index is 13.2. The molecule has 136 valence electrons. The number of thiophene rings is 1. The van der Waals surface area contributed by atoms with Crippen LogP contribution in [0.3, 0.4) is 0 Å². The molecule has 1 aliphatic carbocycles. The smallest absolute Gasteiger partial charge is 0.353 e. The van der Waals surface area contributed by atoms with Crippen LogP contribution in [0.25, 0.3) is 10.2 Å². The predicted molar refractivity (Wildman–Crippen MR) is 89.9 cm³/mol. The molecule has 0 aromatic carbocycles. The molecular weight excluding hydrogens is 357 g/mol. The van der Waals surface area contributed by atoms with Crippen molar-refractivity contribution >= 4 is 32.9 Å². The minimum absolute atomic E-state index is 0.0165. The summed E-state index contributed by atoms with van der Waals surface area (Å²) in [7, 11) is 0. The Labute approximate surface area is 145 Å². The molecule has 10 heteroatoms. The Morgan fingerprint density at radius 1 is 1.36 bits per heavy atom. The van der Waals surface area contributed by atoms with Crippen LogP contribution in [-0.2, 0) is 0 Å². The molecule has 2 aromatic rings. The zero-order chi connectivity index (χ0) is 18.2. The van der Waals surface area contributed by atoms with Crippen molar-refractivity contribution in [1.29, 1.82) is 0 Å². The second-order valence-electron chi connectivity index (χ2n) is 6.20. The predicted octanol–water partition coefficient (Wildman–Crippen LogP) is 3.84. The lowest BCUT2D eigenvalue weighted by molar-refractivity contribution is -0.384. The quantitative estimate of drug-likeness (QED) is 0.649. The van der Waals surface area contributed by atoms with Gasteiger partial charge in [0.2, 0.25) is 0 Å². The second kappa shape index (κ2) is 6.75. The van der Waals surface area contributed by atoms with E-state index < -0.39 is 29.4 Å². The highest BCUT2D eigenvalue weighted by Crippen LogP contribution is 2.42. The molecule has 0 bridgehead atoms. The largest absolute Gasteiger partial charge is 0.405 e. The van der Waals surface area contributed by atoms with Gasteiger partial charge >= 0.3 is 11.9 Å². The van der Waals surface area contributed by atoms with Gasteiger partial charge in [-0.3, -0.25) is 10.1 Å². The number of halogens is 3. The summed E-state index contributed by atoms with van der Waals surface area (Å²) in [6, 6.07) is 1.18. The molecule has 2 N–H and O–H groups in total. The van der Waals surface area contributed by atoms with Gasteiger partial charge in [0.1, 0.15) is 18.4 Å². The van der Waals surface area contributed by atoms with Crippen LogP contribution in [0, 0.1) is 10.1 Å². The highest BCUT2D eigenvalue weighted by molar-refractivity contribution is 7.17. The first-order chi connectivity index (χ1) is 11.8. The fourth-order valence-corrected chi connectivity index (χ4v) is 4.21. The number of hydrogen-bond acceptors (Lipinski definition) is 6. The normalized spacial score (nSPS) is 21.4. The van der Waals surface area contributed by atoms with Gasteiger partial charge in [-0.1, -0.05) is 0 Å². The van der Waals surface area contributed by atoms with Crippen LogP contribution in [0.15, 0.2) is 17.6 Å². The van der Waals surface area contributed by atoms with E-state index in [1.807, 2.05) is 0 Å². The number of nitrogens with two attached hydrogens (primary N) is 1. The molecule has 3 rings (SSSR count). The molecule has 1 fully saturated rings. The van der Waals surface area contributed by atoms with Crippen molar-refractivity contribution in [3.8, 4) is 0 Å². The lowest BCUT2D eigenvalue weighted by atomic mass is 9.90. The average Bonchev–Trinajstić information content (AvgIpc) is 3.00. The number of anilines is 1. The zero-order valence-electron chi connectivity index (χ0n) is 13.2. The number of hydrogen-bond donors (Lipinski definition) is 1. The molecule has 0 unspecified atom stereocenters. The van der Waals surface area contributed by atoms with Gasteiger partial charge in [-0.2, -0.15) is 13.2 Å². The van der Waals surface area contributed by atoms with Gasteiger partial charge in [0.15, 0.2) is 0 Å². The third-order valence-corrected chi connectivity index (χ3v) is 5.35. The fraction of sp³-hybridized carbons (Fsp3) is 0.533. The van der Waals surface area contributed by atoms with Gasteiger partial charge in [-0.05, 0) is 37.1 Å². The highest BCUT2D eigenvalue weighted by Gasteiger charge is 2.39. The van der Waals surface area contributed by atoms with Gasteiger partial charge < -0.3 is 10.6 Å². The van der Waals surface area contributed by atoms with Gasteiger partial charge in [0.25, 0.3) is 0 Å². The molecule has 0 spiro atoms. The second-order valence-corrected chi connectivity index (χ2v) is 7.11. The van der Waals surface area contributed by atoms with Gasteiger partial charge in [0.05, 0.1) is 15.1 Å². The number of alkyl halides is 3. The minimum atomic E-state index is -4.47. The van der Waals surface area contributed by atoms with Gasteiger partial charge in [0, 0.05) is 12.1 Å². The highest BCUT2D eigenvalue weighted by atomic mass is 32.1. The van der Waals surface area contributed by atoms with Crippen LogP contribution >= 0.6 is 11.3 Å². The van der Waals surface area contributed by atoms with Crippen molar-refractivity contribution in [1.82, 2.24) is 4.98 Å². The lowest BCUT2D eigenvalue weighted by Crippen LogP contribution is -2.45. The molecular formula is C15H17F3N4O2S. The van der Waals surface area contributed by atoms with Crippen LogP contribution in [0.4, 0.5) is 24.5 Å². The SMILES string of the molecule is N[C@H]1CC[C@H](N(CC(F)(F)F)c2c([N+](=O)[O-])cnc3ccsc23)CC1. The number of nitrogens with zero attached hydrogens (tertiary/aromatic N) is 3. The first-order valence-electron chi connectivity index (χ1n) is 7.86. The third-order valence-electron chi connectivity index (χ3n) is 4.44. The van der Waals surface area contributed by atoms with Crippen molar-refractivity contribution in [2.75, 3.05) is 11.4 Å². The Hall–Kier alpha value is -1.94. The molecule has 0 radical (unpaired) electrons. The van der Waals surface area contributed by atoms with Gasteiger partial charge in [-0.25, -0.2) is 4.98 Å². The Bertz CT molecular complexity index is 772. The summed E-state index contributed by atoms with van der Waals surface area (Å²) >= 11 is 1.16. The number of fused-ring (bicyclic) bond motifs is 1. The Morgan fingerprint density at radius 3 is 2.64 bits per heavy atom. The van der Waals surface area contributed by atoms with Crippen LogP contribution in [0.5, 0.6) is 0 Å². The van der Waals surface area contributed by atoms with Crippen molar-refractivity contribution in [2.45, 2.75) is 43.9 Å². The van der Waals surface area contributed by atoms with Gasteiger partial charge in [-0.15, -0.1) is 11.3 Å². The summed E-state index contributed by atoms with van der Waals surface area (Å²) in [4.78, 5) is 15.9. The standard InChI is InChI=1S/C15H17F3N4O2S/c16-15(17,18)8-21(10-3-1-9(19)2-4-10)13-12(22(23)24)7-20-11-5-6-25-14(11)13/h5-7,9-10H,1-4,8,19H2/t9-,10-. The summed E-state index contributed by atoms with van der Waals surface area (Å²) in [5.41, 5.74) is 5.94. The number of pyridine rings is 1. The first-order valence-corrected chi connectivity index (χ1v) is 8.74. The molecule has 0 saturated heterocycles. The van der Waals surface area contributed by atoms with E-state index in [0.29, 0.717) is 35.9 Å². The Morgan fingerprint density at radius 2 is 2.04 bits per heavy atom. The molecule has 2 heterocycles. The van der Waals surface area contributed by atoms with Crippen LogP contribution in [0.1, 0.15) is 25.7 Å². The number of aromatic nitrogens is 1. The molecule has 2 aromatic heterocycles. The van der Waals surface area contributed by atoms with E-state index in [1.165, 1.54) is 0 Å². The summed E-state index contributed by atoms with van der Waals surface area (Å²) in [5, 5.41) is 13.1. The number of nitro groups is 1. The molecule has 0 amide bonds. The zero-order valence-corrected chi connectivity index (χ0v) is 14.0. The Balaban J connectivity index is 2.11. The van der Waals surface area contributed by atoms with E-state index >= 15 is 0 Å². The molecule has 1 saturated carbocycles. The van der Waals surface area contributed by atoms with Crippen LogP contribution in [0.2, 0.25) is 0 Å². The van der Waals surface area contributed by atoms with E-state index in [9.17, 15) is 23.3 Å². The van der Waals surface area contributed by atoms with Crippen molar-refractivity contribution < 1.29 is 18.1 Å². The molecule has 1 aliphatic rings. The molecule has 0 aliphatic heterocycles. The molecule has 25 heavy (non-hydrogen) atoms. The average molecular weight is 374 g/mol. The topological polar surface area (TPSA) is 85.3 Å². The molecule has 6 nitrogen and oxygen atoms in total. The van der Waals surface area contributed by atoms with E-state index in [1.54, 1.807) is 11.4 Å². The van der Waals surface area contributed by atoms with E-state index in [4.69, 9.17) is 5.73 Å². The Kier molecular flexibility index (Phi) is 4.83. The van der Waals surface area contributed by atoms with Crippen molar-refractivity contribution in [3.05, 3.63) is 27.8 Å². The maximum Gasteiger partial charge on any atom is 0.405 e. The third kappa shape index (κ3) is 3.84. The summed E-state index contributed by atoms with van der Waals surface area (Å²) in [5.74, 6) is 0. The molecule has 0 atom stereocenters. The summed E-state index contributed by atoms with van der Waals surface area (Å²) in [6.07, 6.45) is -1.27. The van der Waals surface area contributed by atoms with E-state index in [0.717, 1.165) is 22.4 Å². The van der Waals surface area contributed by atoms with Crippen molar-refractivity contribution in [3.63, 3.8) is 0 Å². The van der Waals surface area contributed by atoms with Crippen LogP contribution in [-0.4, -0.2) is 34.7 Å².